The van der Waals surface area contributed by atoms with Crippen molar-refractivity contribution in [3.8, 4) is 5.75 Å². The quantitative estimate of drug-likeness (QED) is 0.783. The van der Waals surface area contributed by atoms with Gasteiger partial charge in [-0.15, -0.1) is 0 Å². The molecule has 3 rings (SSSR count). The zero-order chi connectivity index (χ0) is 20.2. The van der Waals surface area contributed by atoms with Crippen LogP contribution in [0, 0.1) is 5.41 Å². The number of aliphatic hydroxyl groups excluding tert-OH is 1. The molecule has 0 aromatic heterocycles. The van der Waals surface area contributed by atoms with Crippen molar-refractivity contribution in [1.29, 1.82) is 0 Å². The number of ether oxygens (including phenoxy) is 1. The second kappa shape index (κ2) is 8.53. The van der Waals surface area contributed by atoms with E-state index in [9.17, 15) is 18.3 Å². The number of likely N-dealkylation sites (tertiary alicyclic amines) is 1. The molecule has 1 saturated heterocycles. The fourth-order valence-electron chi connectivity index (χ4n) is 3.86. The largest absolute Gasteiger partial charge is 0.497 e. The Balaban J connectivity index is 1.60. The van der Waals surface area contributed by atoms with Crippen LogP contribution in [0.4, 0.5) is 13.2 Å². The number of alkyl halides is 3. The minimum atomic E-state index is -4.32. The number of aliphatic hydroxyl groups is 1. The van der Waals surface area contributed by atoms with Crippen molar-refractivity contribution in [3.63, 3.8) is 0 Å². The van der Waals surface area contributed by atoms with Crippen molar-refractivity contribution in [2.45, 2.75) is 32.0 Å². The lowest BCUT2D eigenvalue weighted by atomic mass is 9.74. The molecule has 3 nitrogen and oxygen atoms in total. The van der Waals surface area contributed by atoms with Crippen molar-refractivity contribution in [1.82, 2.24) is 4.90 Å². The maximum absolute atomic E-state index is 12.9. The van der Waals surface area contributed by atoms with Gasteiger partial charge < -0.3 is 9.84 Å². The molecule has 1 aliphatic rings. The second-order valence-electron chi connectivity index (χ2n) is 7.66. The van der Waals surface area contributed by atoms with E-state index in [1.165, 1.54) is 12.1 Å². The highest BCUT2D eigenvalue weighted by atomic mass is 19.4. The lowest BCUT2D eigenvalue weighted by Gasteiger charge is -2.41. The molecule has 2 aromatic carbocycles. The topological polar surface area (TPSA) is 32.7 Å². The van der Waals surface area contributed by atoms with Crippen LogP contribution in [0.3, 0.4) is 0 Å². The summed E-state index contributed by atoms with van der Waals surface area (Å²) in [6.07, 6.45) is -1.91. The Labute approximate surface area is 163 Å². The van der Waals surface area contributed by atoms with Crippen molar-refractivity contribution < 1.29 is 23.0 Å². The molecule has 0 amide bonds. The van der Waals surface area contributed by atoms with Crippen LogP contribution >= 0.6 is 0 Å². The summed E-state index contributed by atoms with van der Waals surface area (Å²) in [6.45, 7) is 2.12. The normalized spacial score (nSPS) is 17.5. The van der Waals surface area contributed by atoms with Crippen LogP contribution in [0.5, 0.6) is 5.75 Å². The van der Waals surface area contributed by atoms with Crippen LogP contribution in [0.2, 0.25) is 0 Å². The van der Waals surface area contributed by atoms with Gasteiger partial charge >= 0.3 is 6.18 Å². The Bertz CT molecular complexity index is 766. The lowest BCUT2D eigenvalue weighted by molar-refractivity contribution is -0.137. The van der Waals surface area contributed by atoms with Crippen LogP contribution in [0.1, 0.15) is 29.5 Å². The summed E-state index contributed by atoms with van der Waals surface area (Å²) in [5, 5.41) is 10.0. The third-order valence-corrected chi connectivity index (χ3v) is 5.65. The number of methoxy groups -OCH3 is 1. The summed E-state index contributed by atoms with van der Waals surface area (Å²) in [4.78, 5) is 2.16. The summed E-state index contributed by atoms with van der Waals surface area (Å²) in [6, 6.07) is 13.4. The fourth-order valence-corrected chi connectivity index (χ4v) is 3.86. The predicted octanol–water partition coefficient (Wildman–Crippen LogP) is 4.53. The molecular formula is C22H26F3NO2. The van der Waals surface area contributed by atoms with Crippen LogP contribution in [-0.2, 0) is 19.1 Å². The van der Waals surface area contributed by atoms with Gasteiger partial charge in [-0.05, 0) is 67.1 Å². The highest BCUT2D eigenvalue weighted by Crippen LogP contribution is 2.36. The minimum Gasteiger partial charge on any atom is -0.497 e. The molecule has 0 atom stereocenters. The number of rotatable bonds is 6. The molecule has 28 heavy (non-hydrogen) atoms. The van der Waals surface area contributed by atoms with Gasteiger partial charge in [0.05, 0.1) is 12.7 Å². The SMILES string of the molecule is COc1ccc(CC2(CO)CCN(Cc3cccc(C(F)(F)F)c3)CC2)cc1. The van der Waals surface area contributed by atoms with E-state index in [1.54, 1.807) is 13.2 Å². The average molecular weight is 393 g/mol. The van der Waals surface area contributed by atoms with Crippen LogP contribution in [-0.4, -0.2) is 36.8 Å². The maximum Gasteiger partial charge on any atom is 0.416 e. The van der Waals surface area contributed by atoms with Gasteiger partial charge in [-0.3, -0.25) is 4.90 Å². The molecule has 1 fully saturated rings. The van der Waals surface area contributed by atoms with Crippen molar-refractivity contribution >= 4 is 0 Å². The molecule has 1 N–H and O–H groups in total. The molecule has 152 valence electrons. The molecule has 0 spiro atoms. The number of hydrogen-bond donors (Lipinski definition) is 1. The van der Waals surface area contributed by atoms with E-state index < -0.39 is 11.7 Å². The highest BCUT2D eigenvalue weighted by molar-refractivity contribution is 5.28. The Hall–Kier alpha value is -2.05. The summed E-state index contributed by atoms with van der Waals surface area (Å²) < 4.78 is 43.9. The third kappa shape index (κ3) is 5.06. The van der Waals surface area contributed by atoms with Gasteiger partial charge in [-0.25, -0.2) is 0 Å². The number of benzene rings is 2. The first-order valence-corrected chi connectivity index (χ1v) is 9.46. The van der Waals surface area contributed by atoms with E-state index in [2.05, 4.69) is 4.90 Å². The molecule has 0 bridgehead atoms. The van der Waals surface area contributed by atoms with E-state index in [-0.39, 0.29) is 12.0 Å². The number of halogens is 3. The first kappa shape index (κ1) is 20.7. The number of hydrogen-bond acceptors (Lipinski definition) is 3. The van der Waals surface area contributed by atoms with Crippen LogP contribution in [0.25, 0.3) is 0 Å². The Morgan fingerprint density at radius 2 is 1.71 bits per heavy atom. The summed E-state index contributed by atoms with van der Waals surface area (Å²) >= 11 is 0. The Morgan fingerprint density at radius 1 is 1.04 bits per heavy atom. The van der Waals surface area contributed by atoms with E-state index in [0.717, 1.165) is 49.7 Å². The van der Waals surface area contributed by atoms with Crippen LogP contribution in [0.15, 0.2) is 48.5 Å². The zero-order valence-electron chi connectivity index (χ0n) is 16.0. The van der Waals surface area contributed by atoms with Crippen LogP contribution < -0.4 is 4.74 Å². The van der Waals surface area contributed by atoms with Crippen molar-refractivity contribution in [3.05, 3.63) is 65.2 Å². The molecule has 1 aliphatic heterocycles. The minimum absolute atomic E-state index is 0.108. The molecule has 0 aliphatic carbocycles. The van der Waals surface area contributed by atoms with E-state index in [0.29, 0.717) is 12.1 Å². The lowest BCUT2D eigenvalue weighted by Crippen LogP contribution is -2.42. The Morgan fingerprint density at radius 3 is 2.29 bits per heavy atom. The molecule has 2 aromatic rings. The van der Waals surface area contributed by atoms with Crippen molar-refractivity contribution in [2.75, 3.05) is 26.8 Å². The standard InChI is InChI=1S/C22H26F3NO2/c1-28-20-7-5-17(6-8-20)14-21(16-27)9-11-26(12-10-21)15-18-3-2-4-19(13-18)22(23,24)25/h2-8,13,27H,9-12,14-16H2,1H3. The smallest absolute Gasteiger partial charge is 0.416 e. The van der Waals surface area contributed by atoms with Gasteiger partial charge in [0.1, 0.15) is 5.75 Å². The molecule has 1 heterocycles. The summed E-state index contributed by atoms with van der Waals surface area (Å²) in [5.41, 5.74) is 1.03. The second-order valence-corrected chi connectivity index (χ2v) is 7.66. The number of piperidine rings is 1. The first-order valence-electron chi connectivity index (χ1n) is 9.46. The highest BCUT2D eigenvalue weighted by Gasteiger charge is 2.34. The van der Waals surface area contributed by atoms with Gasteiger partial charge in [0.15, 0.2) is 0 Å². The molecule has 0 unspecified atom stereocenters. The van der Waals surface area contributed by atoms with Gasteiger partial charge in [0.2, 0.25) is 0 Å². The number of nitrogens with zero attached hydrogens (tertiary/aromatic N) is 1. The fraction of sp³-hybridized carbons (Fsp3) is 0.455. The summed E-state index contributed by atoms with van der Waals surface area (Å²) in [5.74, 6) is 0.803. The van der Waals surface area contributed by atoms with E-state index in [1.807, 2.05) is 24.3 Å². The predicted molar refractivity (Wildman–Crippen MR) is 102 cm³/mol. The van der Waals surface area contributed by atoms with E-state index in [4.69, 9.17) is 4.74 Å². The third-order valence-electron chi connectivity index (χ3n) is 5.65. The monoisotopic (exact) mass is 393 g/mol. The molecule has 6 heteroatoms. The van der Waals surface area contributed by atoms with Gasteiger partial charge in [0.25, 0.3) is 0 Å². The summed E-state index contributed by atoms with van der Waals surface area (Å²) in [7, 11) is 1.63. The molecular weight excluding hydrogens is 367 g/mol. The van der Waals surface area contributed by atoms with Crippen molar-refractivity contribution in [2.24, 2.45) is 5.41 Å². The molecule has 0 radical (unpaired) electrons. The molecule has 0 saturated carbocycles. The zero-order valence-corrected chi connectivity index (χ0v) is 16.0. The Kier molecular flexibility index (Phi) is 6.30. The first-order chi connectivity index (χ1) is 13.3. The van der Waals surface area contributed by atoms with Gasteiger partial charge in [-0.2, -0.15) is 13.2 Å². The van der Waals surface area contributed by atoms with E-state index >= 15 is 0 Å². The average Bonchev–Trinajstić information content (AvgIpc) is 2.70. The van der Waals surface area contributed by atoms with Gasteiger partial charge in [0, 0.05) is 13.2 Å². The maximum atomic E-state index is 12.9. The van der Waals surface area contributed by atoms with Gasteiger partial charge in [-0.1, -0.05) is 30.3 Å².